The Labute approximate surface area is 120 Å². The first-order valence-corrected chi connectivity index (χ1v) is 6.49. The molecule has 0 spiro atoms. The summed E-state index contributed by atoms with van der Waals surface area (Å²) >= 11 is 0. The maximum atomic E-state index is 13.7. The average molecular weight is 295 g/mol. The summed E-state index contributed by atoms with van der Waals surface area (Å²) in [7, 11) is 0. The van der Waals surface area contributed by atoms with Gasteiger partial charge in [-0.1, -0.05) is 6.92 Å². The fraction of sp³-hybridized carbons (Fsp3) is 0.286. The van der Waals surface area contributed by atoms with Gasteiger partial charge in [0, 0.05) is 18.8 Å². The van der Waals surface area contributed by atoms with Crippen LogP contribution in [0.1, 0.15) is 29.4 Å². The van der Waals surface area contributed by atoms with E-state index in [9.17, 15) is 13.6 Å². The van der Waals surface area contributed by atoms with Crippen LogP contribution >= 0.6 is 0 Å². The average Bonchev–Trinajstić information content (AvgIpc) is 2.85. The van der Waals surface area contributed by atoms with E-state index in [0.717, 1.165) is 24.7 Å². The third-order valence-electron chi connectivity index (χ3n) is 2.99. The lowest BCUT2D eigenvalue weighted by molar-refractivity contribution is 0.0692. The highest BCUT2D eigenvalue weighted by atomic mass is 19.1. The molecule has 7 heteroatoms. The Morgan fingerprint density at radius 3 is 2.81 bits per heavy atom. The van der Waals surface area contributed by atoms with Crippen molar-refractivity contribution in [2.45, 2.75) is 26.4 Å². The van der Waals surface area contributed by atoms with Crippen LogP contribution in [0.25, 0.3) is 0 Å². The molecule has 0 radical (unpaired) electrons. The van der Waals surface area contributed by atoms with Gasteiger partial charge in [0.1, 0.15) is 11.6 Å². The van der Waals surface area contributed by atoms with Crippen LogP contribution in [0.15, 0.2) is 24.4 Å². The SMILES string of the molecule is CCCn1nccc1CNc1cc(C(=O)O)c(F)cc1F. The first-order chi connectivity index (χ1) is 10.0. The number of nitrogens with zero attached hydrogens (tertiary/aromatic N) is 2. The van der Waals surface area contributed by atoms with E-state index in [1.165, 1.54) is 0 Å². The summed E-state index contributed by atoms with van der Waals surface area (Å²) < 4.78 is 28.7. The number of hydrogen-bond donors (Lipinski definition) is 2. The summed E-state index contributed by atoms with van der Waals surface area (Å²) in [6.45, 7) is 3.01. The van der Waals surface area contributed by atoms with E-state index in [4.69, 9.17) is 5.11 Å². The topological polar surface area (TPSA) is 67.2 Å². The third kappa shape index (κ3) is 3.36. The molecule has 0 aliphatic rings. The maximum absolute atomic E-state index is 13.7. The van der Waals surface area contributed by atoms with E-state index < -0.39 is 23.2 Å². The largest absolute Gasteiger partial charge is 0.478 e. The molecule has 21 heavy (non-hydrogen) atoms. The lowest BCUT2D eigenvalue weighted by Crippen LogP contribution is -2.11. The lowest BCUT2D eigenvalue weighted by atomic mass is 10.1. The number of aryl methyl sites for hydroxylation is 1. The predicted octanol–water partition coefficient (Wildman–Crippen LogP) is 2.88. The Morgan fingerprint density at radius 1 is 1.38 bits per heavy atom. The number of aromatic carboxylic acids is 1. The second-order valence-corrected chi connectivity index (χ2v) is 4.52. The molecule has 2 N–H and O–H groups in total. The number of aromatic nitrogens is 2. The number of halogens is 2. The Kier molecular flexibility index (Phi) is 4.52. The summed E-state index contributed by atoms with van der Waals surface area (Å²) in [6, 6.07) is 3.30. The minimum Gasteiger partial charge on any atom is -0.478 e. The molecule has 0 bridgehead atoms. The van der Waals surface area contributed by atoms with E-state index in [2.05, 4.69) is 10.4 Å². The molecule has 2 rings (SSSR count). The number of carboxylic acid groups (broad SMARTS) is 1. The van der Waals surface area contributed by atoms with Crippen LogP contribution in [-0.4, -0.2) is 20.9 Å². The van der Waals surface area contributed by atoms with E-state index in [-0.39, 0.29) is 12.2 Å². The van der Waals surface area contributed by atoms with Gasteiger partial charge in [0.2, 0.25) is 0 Å². The summed E-state index contributed by atoms with van der Waals surface area (Å²) in [5.74, 6) is -3.37. The highest BCUT2D eigenvalue weighted by Crippen LogP contribution is 2.20. The van der Waals surface area contributed by atoms with Crippen molar-refractivity contribution in [2.75, 3.05) is 5.32 Å². The van der Waals surface area contributed by atoms with Gasteiger partial charge in [-0.05, 0) is 18.6 Å². The molecule has 0 atom stereocenters. The number of carbonyl (C=O) groups is 1. The van der Waals surface area contributed by atoms with E-state index >= 15 is 0 Å². The fourth-order valence-corrected chi connectivity index (χ4v) is 1.96. The smallest absolute Gasteiger partial charge is 0.338 e. The standard InChI is InChI=1S/C14H15F2N3O2/c1-2-5-19-9(3-4-18-19)8-17-13-6-10(14(20)21)11(15)7-12(13)16/h3-4,6-7,17H,2,5,8H2,1H3,(H,20,21). The Morgan fingerprint density at radius 2 is 2.14 bits per heavy atom. The molecule has 0 amide bonds. The van der Waals surface area contributed by atoms with Crippen molar-refractivity contribution >= 4 is 11.7 Å². The molecule has 112 valence electrons. The second kappa shape index (κ2) is 6.34. The zero-order valence-corrected chi connectivity index (χ0v) is 11.4. The number of nitrogens with one attached hydrogen (secondary N) is 1. The predicted molar refractivity (Wildman–Crippen MR) is 73.2 cm³/mol. The minimum atomic E-state index is -1.44. The number of carboxylic acids is 1. The highest BCUT2D eigenvalue weighted by Gasteiger charge is 2.15. The van der Waals surface area contributed by atoms with Crippen molar-refractivity contribution in [1.82, 2.24) is 9.78 Å². The van der Waals surface area contributed by atoms with Crippen molar-refractivity contribution in [2.24, 2.45) is 0 Å². The first-order valence-electron chi connectivity index (χ1n) is 6.49. The maximum Gasteiger partial charge on any atom is 0.338 e. The monoisotopic (exact) mass is 295 g/mol. The molecule has 1 aromatic carbocycles. The van der Waals surface area contributed by atoms with E-state index in [0.29, 0.717) is 6.07 Å². The molecule has 2 aromatic rings. The molecule has 5 nitrogen and oxygen atoms in total. The molecular weight excluding hydrogens is 280 g/mol. The van der Waals surface area contributed by atoms with Gasteiger partial charge < -0.3 is 10.4 Å². The summed E-state index contributed by atoms with van der Waals surface area (Å²) in [5, 5.41) is 15.7. The highest BCUT2D eigenvalue weighted by molar-refractivity contribution is 5.89. The third-order valence-corrected chi connectivity index (χ3v) is 2.99. The van der Waals surface area contributed by atoms with E-state index in [1.807, 2.05) is 6.92 Å². The summed E-state index contributed by atoms with van der Waals surface area (Å²) in [5.41, 5.74) is 0.205. The van der Waals surface area contributed by atoms with Crippen molar-refractivity contribution in [3.63, 3.8) is 0 Å². The lowest BCUT2D eigenvalue weighted by Gasteiger charge is -2.10. The van der Waals surface area contributed by atoms with Crippen LogP contribution in [0.2, 0.25) is 0 Å². The summed E-state index contributed by atoms with van der Waals surface area (Å²) in [4.78, 5) is 10.9. The van der Waals surface area contributed by atoms with Gasteiger partial charge in [0.05, 0.1) is 23.5 Å². The van der Waals surface area contributed by atoms with Crippen LogP contribution in [0.3, 0.4) is 0 Å². The zero-order chi connectivity index (χ0) is 15.4. The van der Waals surface area contributed by atoms with E-state index in [1.54, 1.807) is 16.9 Å². The quantitative estimate of drug-likeness (QED) is 0.860. The Hall–Kier alpha value is -2.44. The van der Waals surface area contributed by atoms with Crippen LogP contribution in [0, 0.1) is 11.6 Å². The number of rotatable bonds is 6. The van der Waals surface area contributed by atoms with Crippen molar-refractivity contribution in [1.29, 1.82) is 0 Å². The molecule has 0 unspecified atom stereocenters. The molecule has 0 saturated heterocycles. The first kappa shape index (κ1) is 15.0. The molecule has 1 heterocycles. The van der Waals surface area contributed by atoms with Crippen LogP contribution in [0.4, 0.5) is 14.5 Å². The Bertz CT molecular complexity index is 656. The number of hydrogen-bond acceptors (Lipinski definition) is 3. The van der Waals surface area contributed by atoms with Gasteiger partial charge >= 0.3 is 5.97 Å². The van der Waals surface area contributed by atoms with Crippen molar-refractivity contribution < 1.29 is 18.7 Å². The molecule has 0 fully saturated rings. The van der Waals surface area contributed by atoms with Crippen molar-refractivity contribution in [3.05, 3.63) is 47.3 Å². The molecular formula is C14H15F2N3O2. The fourth-order valence-electron chi connectivity index (χ4n) is 1.96. The number of benzene rings is 1. The number of anilines is 1. The second-order valence-electron chi connectivity index (χ2n) is 4.52. The Balaban J connectivity index is 2.18. The minimum absolute atomic E-state index is 0.0574. The van der Waals surface area contributed by atoms with Crippen LogP contribution in [-0.2, 0) is 13.1 Å². The van der Waals surface area contributed by atoms with Gasteiger partial charge in [0.15, 0.2) is 0 Å². The van der Waals surface area contributed by atoms with Gasteiger partial charge in [-0.25, -0.2) is 13.6 Å². The molecule has 0 saturated carbocycles. The van der Waals surface area contributed by atoms with Gasteiger partial charge in [0.25, 0.3) is 0 Å². The normalized spacial score (nSPS) is 10.6. The van der Waals surface area contributed by atoms with Gasteiger partial charge in [-0.15, -0.1) is 0 Å². The van der Waals surface area contributed by atoms with Crippen molar-refractivity contribution in [3.8, 4) is 0 Å². The summed E-state index contributed by atoms with van der Waals surface area (Å²) in [6.07, 6.45) is 2.54. The molecule has 0 aliphatic heterocycles. The zero-order valence-electron chi connectivity index (χ0n) is 11.4. The van der Waals surface area contributed by atoms with Crippen LogP contribution < -0.4 is 5.32 Å². The van der Waals surface area contributed by atoms with Crippen LogP contribution in [0.5, 0.6) is 0 Å². The molecule has 1 aromatic heterocycles. The van der Waals surface area contributed by atoms with Gasteiger partial charge in [-0.3, -0.25) is 4.68 Å². The molecule has 0 aliphatic carbocycles. The van der Waals surface area contributed by atoms with Gasteiger partial charge in [-0.2, -0.15) is 5.10 Å².